The lowest BCUT2D eigenvalue weighted by Gasteiger charge is -2.28. The van der Waals surface area contributed by atoms with Crippen LogP contribution >= 0.6 is 0 Å². The third-order valence-electron chi connectivity index (χ3n) is 5.85. The quantitative estimate of drug-likeness (QED) is 0.545. The van der Waals surface area contributed by atoms with Gasteiger partial charge in [0.2, 0.25) is 0 Å². The van der Waals surface area contributed by atoms with Crippen LogP contribution in [0.3, 0.4) is 0 Å². The molecule has 0 spiro atoms. The van der Waals surface area contributed by atoms with E-state index in [0.717, 1.165) is 22.4 Å². The molecule has 0 fully saturated rings. The van der Waals surface area contributed by atoms with Gasteiger partial charge in [-0.15, -0.1) is 0 Å². The van der Waals surface area contributed by atoms with Crippen LogP contribution in [0.2, 0.25) is 0 Å². The maximum atomic E-state index is 13.2. The standard InChI is InChI=1S/C28H35NO4/c1-7-33-22-10-8-9-19(16-22)17-29-25(20-11-13-21(14-12-20)28(4,5)6)24(26(31)27(29)32)23(30)15-18(2)3/h8-14,16,18,25,31H,7,15,17H2,1-6H3. The van der Waals surface area contributed by atoms with Crippen LogP contribution < -0.4 is 4.74 Å². The normalized spacial score (nSPS) is 16.6. The van der Waals surface area contributed by atoms with Gasteiger partial charge in [0.05, 0.1) is 18.2 Å². The van der Waals surface area contributed by atoms with E-state index in [1.165, 1.54) is 0 Å². The van der Waals surface area contributed by atoms with Gasteiger partial charge >= 0.3 is 0 Å². The molecule has 33 heavy (non-hydrogen) atoms. The number of ketones is 1. The van der Waals surface area contributed by atoms with Crippen LogP contribution in [0, 0.1) is 5.92 Å². The summed E-state index contributed by atoms with van der Waals surface area (Å²) in [5.74, 6) is -0.304. The molecule has 5 heteroatoms. The van der Waals surface area contributed by atoms with E-state index in [9.17, 15) is 14.7 Å². The molecular weight excluding hydrogens is 414 g/mol. The van der Waals surface area contributed by atoms with E-state index in [0.29, 0.717) is 6.61 Å². The second-order valence-corrected chi connectivity index (χ2v) is 10.1. The van der Waals surface area contributed by atoms with Crippen LogP contribution in [0.5, 0.6) is 5.75 Å². The summed E-state index contributed by atoms with van der Waals surface area (Å²) in [6.07, 6.45) is 0.275. The van der Waals surface area contributed by atoms with E-state index >= 15 is 0 Å². The molecule has 0 bridgehead atoms. The molecule has 1 N–H and O–H groups in total. The lowest BCUT2D eigenvalue weighted by Crippen LogP contribution is -2.31. The zero-order valence-electron chi connectivity index (χ0n) is 20.5. The zero-order chi connectivity index (χ0) is 24.3. The Labute approximate surface area is 197 Å². The molecule has 1 amide bonds. The van der Waals surface area contributed by atoms with Crippen LogP contribution in [0.25, 0.3) is 0 Å². The molecule has 1 atom stereocenters. The van der Waals surface area contributed by atoms with Crippen molar-refractivity contribution in [2.24, 2.45) is 5.92 Å². The van der Waals surface area contributed by atoms with E-state index in [4.69, 9.17) is 4.74 Å². The molecule has 5 nitrogen and oxygen atoms in total. The van der Waals surface area contributed by atoms with Crippen molar-refractivity contribution in [3.63, 3.8) is 0 Å². The average Bonchev–Trinajstić information content (AvgIpc) is 2.98. The van der Waals surface area contributed by atoms with Gasteiger partial charge < -0.3 is 14.7 Å². The highest BCUT2D eigenvalue weighted by Crippen LogP contribution is 2.40. The maximum Gasteiger partial charge on any atom is 0.290 e. The SMILES string of the molecule is CCOc1cccc(CN2C(=O)C(O)=C(C(=O)CC(C)C)C2c2ccc(C(C)(C)C)cc2)c1. The molecule has 1 aliphatic heterocycles. The molecule has 0 saturated heterocycles. The first-order valence-electron chi connectivity index (χ1n) is 11.6. The number of benzene rings is 2. The second kappa shape index (κ2) is 9.82. The first-order chi connectivity index (χ1) is 15.5. The summed E-state index contributed by atoms with van der Waals surface area (Å²) in [5, 5.41) is 10.8. The first-order valence-corrected chi connectivity index (χ1v) is 11.6. The fourth-order valence-corrected chi connectivity index (χ4v) is 4.19. The highest BCUT2D eigenvalue weighted by atomic mass is 16.5. The minimum Gasteiger partial charge on any atom is -0.503 e. The number of carbonyl (C=O) groups is 2. The van der Waals surface area contributed by atoms with Crippen molar-refractivity contribution in [2.75, 3.05) is 6.61 Å². The van der Waals surface area contributed by atoms with Crippen LogP contribution in [0.1, 0.15) is 70.7 Å². The minimum atomic E-state index is -0.631. The molecule has 0 aliphatic carbocycles. The van der Waals surface area contributed by atoms with Gasteiger partial charge in [0, 0.05) is 13.0 Å². The number of carbonyl (C=O) groups excluding carboxylic acids is 2. The molecule has 1 heterocycles. The molecule has 3 rings (SSSR count). The second-order valence-electron chi connectivity index (χ2n) is 10.1. The zero-order valence-corrected chi connectivity index (χ0v) is 20.5. The first kappa shape index (κ1) is 24.6. The molecule has 2 aromatic carbocycles. The Kier molecular flexibility index (Phi) is 7.31. The minimum absolute atomic E-state index is 0.0162. The van der Waals surface area contributed by atoms with Crippen molar-refractivity contribution in [3.8, 4) is 5.75 Å². The van der Waals surface area contributed by atoms with Gasteiger partial charge in [-0.05, 0) is 47.1 Å². The van der Waals surface area contributed by atoms with Gasteiger partial charge in [0.25, 0.3) is 5.91 Å². The Morgan fingerprint density at radius 1 is 1.12 bits per heavy atom. The lowest BCUT2D eigenvalue weighted by atomic mass is 9.85. The van der Waals surface area contributed by atoms with Crippen LogP contribution in [0.4, 0.5) is 0 Å². The molecule has 0 radical (unpaired) electrons. The number of aliphatic hydroxyl groups excluding tert-OH is 1. The summed E-state index contributed by atoms with van der Waals surface area (Å²) >= 11 is 0. The Bertz CT molecular complexity index is 1040. The van der Waals surface area contributed by atoms with Crippen LogP contribution in [0.15, 0.2) is 59.9 Å². The number of nitrogens with zero attached hydrogens (tertiary/aromatic N) is 1. The van der Waals surface area contributed by atoms with E-state index in [1.807, 2.05) is 69.3 Å². The summed E-state index contributed by atoms with van der Waals surface area (Å²) in [6.45, 7) is 13.1. The summed E-state index contributed by atoms with van der Waals surface area (Å²) in [4.78, 5) is 27.9. The van der Waals surface area contributed by atoms with Gasteiger partial charge in [0.15, 0.2) is 11.5 Å². The molecule has 176 valence electrons. The third kappa shape index (κ3) is 5.47. The summed E-state index contributed by atoms with van der Waals surface area (Å²) in [5.41, 5.74) is 3.02. The van der Waals surface area contributed by atoms with Crippen LogP contribution in [-0.4, -0.2) is 28.3 Å². The van der Waals surface area contributed by atoms with Gasteiger partial charge in [-0.2, -0.15) is 0 Å². The van der Waals surface area contributed by atoms with Gasteiger partial charge in [-0.1, -0.05) is 71.0 Å². The van der Waals surface area contributed by atoms with E-state index in [1.54, 1.807) is 4.90 Å². The number of amides is 1. The number of Topliss-reactive ketones (excluding diaryl/α,β-unsaturated/α-hetero) is 1. The number of ether oxygens (including phenoxy) is 1. The molecular formula is C28H35NO4. The summed E-state index contributed by atoms with van der Waals surface area (Å²) in [6, 6.07) is 14.9. The molecule has 1 unspecified atom stereocenters. The molecule has 0 saturated carbocycles. The predicted molar refractivity (Wildman–Crippen MR) is 130 cm³/mol. The smallest absolute Gasteiger partial charge is 0.290 e. The maximum absolute atomic E-state index is 13.2. The Morgan fingerprint density at radius 2 is 1.79 bits per heavy atom. The molecule has 1 aliphatic rings. The van der Waals surface area contributed by atoms with E-state index < -0.39 is 17.7 Å². The molecule has 2 aromatic rings. The number of hydrogen-bond acceptors (Lipinski definition) is 4. The van der Waals surface area contributed by atoms with Crippen LogP contribution in [-0.2, 0) is 21.5 Å². The third-order valence-corrected chi connectivity index (χ3v) is 5.85. The Morgan fingerprint density at radius 3 is 2.36 bits per heavy atom. The van der Waals surface area contributed by atoms with Crippen molar-refractivity contribution in [2.45, 2.75) is 66.0 Å². The predicted octanol–water partition coefficient (Wildman–Crippen LogP) is 5.89. The fraction of sp³-hybridized carbons (Fsp3) is 0.429. The number of aliphatic hydroxyl groups is 1. The van der Waals surface area contributed by atoms with E-state index in [-0.39, 0.29) is 35.7 Å². The van der Waals surface area contributed by atoms with E-state index in [2.05, 4.69) is 20.8 Å². The number of hydrogen-bond donors (Lipinski definition) is 1. The van der Waals surface area contributed by atoms with Crippen molar-refractivity contribution in [1.29, 1.82) is 0 Å². The topological polar surface area (TPSA) is 66.8 Å². The highest BCUT2D eigenvalue weighted by Gasteiger charge is 2.43. The van der Waals surface area contributed by atoms with Gasteiger partial charge in [-0.25, -0.2) is 0 Å². The average molecular weight is 450 g/mol. The molecule has 0 aromatic heterocycles. The fourth-order valence-electron chi connectivity index (χ4n) is 4.19. The summed E-state index contributed by atoms with van der Waals surface area (Å²) in [7, 11) is 0. The highest BCUT2D eigenvalue weighted by molar-refractivity contribution is 6.09. The van der Waals surface area contributed by atoms with Crippen molar-refractivity contribution >= 4 is 11.7 Å². The lowest BCUT2D eigenvalue weighted by molar-refractivity contribution is -0.130. The van der Waals surface area contributed by atoms with Gasteiger partial charge in [-0.3, -0.25) is 9.59 Å². The van der Waals surface area contributed by atoms with Gasteiger partial charge in [0.1, 0.15) is 5.75 Å². The Balaban J connectivity index is 2.03. The Hall–Kier alpha value is -3.08. The number of rotatable bonds is 8. The van der Waals surface area contributed by atoms with Crippen molar-refractivity contribution in [1.82, 2.24) is 4.90 Å². The summed E-state index contributed by atoms with van der Waals surface area (Å²) < 4.78 is 5.60. The van der Waals surface area contributed by atoms with Crippen molar-refractivity contribution in [3.05, 3.63) is 76.6 Å². The monoisotopic (exact) mass is 449 g/mol. The van der Waals surface area contributed by atoms with Crippen molar-refractivity contribution < 1.29 is 19.4 Å². The largest absolute Gasteiger partial charge is 0.503 e.